The van der Waals surface area contributed by atoms with Gasteiger partial charge in [-0.1, -0.05) is 69.6 Å². The number of hydrogen-bond donors (Lipinski definition) is 3. The first-order chi connectivity index (χ1) is 15.2. The van der Waals surface area contributed by atoms with Gasteiger partial charge >= 0.3 is 7.82 Å². The van der Waals surface area contributed by atoms with E-state index in [-0.39, 0.29) is 17.0 Å². The quantitative estimate of drug-likeness (QED) is 0.298. The second-order valence-electron chi connectivity index (χ2n) is 6.65. The molecule has 0 amide bonds. The zero-order valence-corrected chi connectivity index (χ0v) is 21.5. The van der Waals surface area contributed by atoms with Crippen molar-refractivity contribution in [3.63, 3.8) is 0 Å². The van der Waals surface area contributed by atoms with Crippen molar-refractivity contribution in [3.8, 4) is 0 Å². The van der Waals surface area contributed by atoms with Gasteiger partial charge in [-0.05, 0) is 0 Å². The van der Waals surface area contributed by atoms with Crippen molar-refractivity contribution in [1.82, 2.24) is 19.5 Å². The molecule has 3 rings (SSSR count). The van der Waals surface area contributed by atoms with Gasteiger partial charge < -0.3 is 20.7 Å². The Bertz CT molecular complexity index is 998. The van der Waals surface area contributed by atoms with Gasteiger partial charge in [0.25, 0.3) is 0 Å². The van der Waals surface area contributed by atoms with E-state index in [9.17, 15) is 14.8 Å². The van der Waals surface area contributed by atoms with E-state index in [0.717, 1.165) is 0 Å². The van der Waals surface area contributed by atoms with Crippen LogP contribution in [-0.2, 0) is 22.9 Å². The van der Waals surface area contributed by atoms with E-state index in [4.69, 9.17) is 93.6 Å². The van der Waals surface area contributed by atoms with Gasteiger partial charge in [0.05, 0.1) is 12.9 Å². The van der Waals surface area contributed by atoms with Crippen LogP contribution in [0.4, 0.5) is 5.82 Å². The van der Waals surface area contributed by atoms with Crippen molar-refractivity contribution in [1.29, 1.82) is 0 Å². The van der Waals surface area contributed by atoms with Gasteiger partial charge in [-0.25, -0.2) is 19.5 Å². The zero-order chi connectivity index (χ0) is 24.6. The molecular formula is C14H16Cl6N5O7P. The minimum absolute atomic E-state index is 0.116. The van der Waals surface area contributed by atoms with Crippen LogP contribution in [0.5, 0.6) is 0 Å². The fraction of sp³-hybridized carbons (Fsp3) is 0.643. The lowest BCUT2D eigenvalue weighted by Gasteiger charge is -2.23. The Kier molecular flexibility index (Phi) is 8.88. The predicted molar refractivity (Wildman–Crippen MR) is 122 cm³/mol. The summed E-state index contributed by atoms with van der Waals surface area (Å²) in [7, 11) is -4.47. The van der Waals surface area contributed by atoms with Gasteiger partial charge in [-0.15, -0.1) is 0 Å². The summed E-state index contributed by atoms with van der Waals surface area (Å²) in [6, 6.07) is 0. The number of hydrogen-bond acceptors (Lipinski definition) is 11. The molecule has 2 aromatic rings. The SMILES string of the molecule is Nc1ncnc2c1ncn2[C@@H]1O[C@H](COP(=O)(OCC(Cl)(Cl)Cl)OCC(Cl)(Cl)Cl)[C@@H](O)[C@@H]1O. The number of rotatable bonds is 8. The summed E-state index contributed by atoms with van der Waals surface area (Å²) in [5.41, 5.74) is 6.28. The number of aromatic nitrogens is 4. The summed E-state index contributed by atoms with van der Waals surface area (Å²) >= 11 is 33.6. The maximum Gasteiger partial charge on any atom is 0.475 e. The third-order valence-corrected chi connectivity index (χ3v) is 6.18. The van der Waals surface area contributed by atoms with Crippen LogP contribution in [0.1, 0.15) is 6.23 Å². The Morgan fingerprint density at radius 3 is 2.21 bits per heavy atom. The average molecular weight is 610 g/mol. The number of nitrogens with two attached hydrogens (primary N) is 1. The van der Waals surface area contributed by atoms with E-state index >= 15 is 0 Å². The van der Waals surface area contributed by atoms with E-state index < -0.39 is 59.8 Å². The first-order valence-electron chi connectivity index (χ1n) is 8.81. The number of fused-ring (bicyclic) bond motifs is 1. The van der Waals surface area contributed by atoms with Crippen LogP contribution in [0.25, 0.3) is 11.2 Å². The van der Waals surface area contributed by atoms with Crippen molar-refractivity contribution in [2.24, 2.45) is 0 Å². The number of phosphoric acid groups is 1. The molecule has 0 bridgehead atoms. The second-order valence-corrected chi connectivity index (χ2v) is 13.4. The van der Waals surface area contributed by atoms with Crippen LogP contribution in [0.2, 0.25) is 0 Å². The molecule has 0 saturated carbocycles. The number of aliphatic hydroxyl groups is 2. The Morgan fingerprint density at radius 2 is 1.64 bits per heavy atom. The molecule has 1 saturated heterocycles. The highest BCUT2D eigenvalue weighted by atomic mass is 35.6. The van der Waals surface area contributed by atoms with Crippen molar-refractivity contribution < 1.29 is 33.1 Å². The summed E-state index contributed by atoms with van der Waals surface area (Å²) in [5.74, 6) is 0.116. The number of aliphatic hydroxyl groups excluding tert-OH is 2. The molecule has 0 aliphatic carbocycles. The number of imidazole rings is 1. The third kappa shape index (κ3) is 7.29. The molecule has 0 aromatic carbocycles. The molecule has 4 atom stereocenters. The highest BCUT2D eigenvalue weighted by Gasteiger charge is 2.46. The highest BCUT2D eigenvalue weighted by Crippen LogP contribution is 2.53. The van der Waals surface area contributed by atoms with Crippen molar-refractivity contribution in [2.75, 3.05) is 25.6 Å². The van der Waals surface area contributed by atoms with Crippen LogP contribution >= 0.6 is 77.4 Å². The number of nitrogen functional groups attached to an aromatic ring is 1. The first-order valence-corrected chi connectivity index (χ1v) is 12.5. The Labute approximate surface area is 216 Å². The largest absolute Gasteiger partial charge is 0.475 e. The fourth-order valence-corrected chi connectivity index (χ4v) is 4.77. The van der Waals surface area contributed by atoms with Gasteiger partial charge in [0, 0.05) is 0 Å². The predicted octanol–water partition coefficient (Wildman–Crippen LogP) is 2.93. The summed E-state index contributed by atoms with van der Waals surface area (Å²) < 4.78 is 31.1. The van der Waals surface area contributed by atoms with Crippen LogP contribution in [-0.4, -0.2) is 75.4 Å². The van der Waals surface area contributed by atoms with Gasteiger partial charge in [0.1, 0.15) is 43.4 Å². The summed E-state index contributed by atoms with van der Waals surface area (Å²) in [4.78, 5) is 12.0. The van der Waals surface area contributed by atoms with Crippen molar-refractivity contribution >= 4 is 94.4 Å². The second kappa shape index (κ2) is 10.6. The van der Waals surface area contributed by atoms with Crippen LogP contribution in [0, 0.1) is 0 Å². The summed E-state index contributed by atoms with van der Waals surface area (Å²) in [6.07, 6.45) is -2.77. The number of alkyl halides is 6. The number of anilines is 1. The first kappa shape index (κ1) is 27.7. The monoisotopic (exact) mass is 607 g/mol. The minimum atomic E-state index is -4.47. The molecule has 19 heteroatoms. The maximum absolute atomic E-state index is 12.9. The number of phosphoric ester groups is 1. The highest BCUT2D eigenvalue weighted by molar-refractivity contribution is 7.48. The summed E-state index contributed by atoms with van der Waals surface area (Å²) in [6.45, 7) is -1.98. The van der Waals surface area contributed by atoms with Gasteiger partial charge in [-0.2, -0.15) is 0 Å². The van der Waals surface area contributed by atoms with Crippen molar-refractivity contribution in [3.05, 3.63) is 12.7 Å². The number of nitrogens with zero attached hydrogens (tertiary/aromatic N) is 4. The minimum Gasteiger partial charge on any atom is -0.387 e. The molecule has 3 heterocycles. The van der Waals surface area contributed by atoms with Crippen LogP contribution < -0.4 is 5.73 Å². The number of ether oxygens (including phenoxy) is 1. The Hall–Kier alpha value is 0.0800. The zero-order valence-electron chi connectivity index (χ0n) is 16.1. The normalized spacial score (nSPS) is 24.6. The molecular weight excluding hydrogens is 594 g/mol. The molecule has 1 fully saturated rings. The molecule has 0 unspecified atom stereocenters. The lowest BCUT2D eigenvalue weighted by molar-refractivity contribution is -0.0525. The molecule has 0 spiro atoms. The van der Waals surface area contributed by atoms with E-state index in [1.807, 2.05) is 0 Å². The molecule has 2 aromatic heterocycles. The Balaban J connectivity index is 1.72. The molecule has 0 radical (unpaired) electrons. The van der Waals surface area contributed by atoms with Gasteiger partial charge in [0.2, 0.25) is 7.59 Å². The van der Waals surface area contributed by atoms with Crippen LogP contribution in [0.15, 0.2) is 12.7 Å². The van der Waals surface area contributed by atoms with E-state index in [2.05, 4.69) is 15.0 Å². The molecule has 1 aliphatic rings. The van der Waals surface area contributed by atoms with Crippen LogP contribution in [0.3, 0.4) is 0 Å². The Morgan fingerprint density at radius 1 is 1.03 bits per heavy atom. The third-order valence-electron chi connectivity index (χ3n) is 4.17. The molecule has 33 heavy (non-hydrogen) atoms. The smallest absolute Gasteiger partial charge is 0.387 e. The van der Waals surface area contributed by atoms with E-state index in [0.29, 0.717) is 0 Å². The lowest BCUT2D eigenvalue weighted by atomic mass is 10.1. The fourth-order valence-electron chi connectivity index (χ4n) is 2.73. The molecule has 186 valence electrons. The topological polar surface area (TPSA) is 164 Å². The van der Waals surface area contributed by atoms with Crippen molar-refractivity contribution in [2.45, 2.75) is 32.1 Å². The molecule has 12 nitrogen and oxygen atoms in total. The number of halogens is 6. The molecule has 1 aliphatic heterocycles. The summed E-state index contributed by atoms with van der Waals surface area (Å²) in [5, 5.41) is 20.9. The standard InChI is InChI=1S/C14H16Cl6N5O7P/c15-13(16,17)2-30-33(28,31-3-14(18,19)20)29-1-6-8(26)9(27)12(32-6)25-5-24-7-10(21)22-4-23-11(7)25/h4-6,8-9,12,26-27H,1-3H2,(H2,21,22,23)/t6-,8-,9+,12-/m1/s1. The van der Waals surface area contributed by atoms with Gasteiger partial charge in [0.15, 0.2) is 17.7 Å². The maximum atomic E-state index is 12.9. The van der Waals surface area contributed by atoms with E-state index in [1.54, 1.807) is 0 Å². The van der Waals surface area contributed by atoms with Gasteiger partial charge in [-0.3, -0.25) is 18.1 Å². The average Bonchev–Trinajstić information content (AvgIpc) is 3.25. The molecule has 4 N–H and O–H groups in total. The van der Waals surface area contributed by atoms with E-state index in [1.165, 1.54) is 17.2 Å². The lowest BCUT2D eigenvalue weighted by Crippen LogP contribution is -2.34.